The van der Waals surface area contributed by atoms with Crippen molar-refractivity contribution in [1.82, 2.24) is 10.2 Å². The summed E-state index contributed by atoms with van der Waals surface area (Å²) in [6.45, 7) is 3.71. The Hall–Kier alpha value is -0.220. The van der Waals surface area contributed by atoms with Gasteiger partial charge < -0.3 is 5.32 Å². The summed E-state index contributed by atoms with van der Waals surface area (Å²) in [5.74, 6) is 0.753. The summed E-state index contributed by atoms with van der Waals surface area (Å²) < 4.78 is 24.8. The average Bonchev–Trinajstić information content (AvgIpc) is 3.00. The number of halogens is 2. The van der Waals surface area contributed by atoms with Gasteiger partial charge in [-0.15, -0.1) is 0 Å². The van der Waals surface area contributed by atoms with E-state index in [4.69, 9.17) is 0 Å². The first-order valence-electron chi connectivity index (χ1n) is 5.96. The zero-order valence-corrected chi connectivity index (χ0v) is 9.26. The van der Waals surface area contributed by atoms with Gasteiger partial charge in [-0.25, -0.2) is 8.78 Å². The maximum atomic E-state index is 12.4. The molecule has 0 radical (unpaired) electrons. The van der Waals surface area contributed by atoms with E-state index in [1.54, 1.807) is 0 Å². The molecule has 2 rings (SSSR count). The lowest BCUT2D eigenvalue weighted by atomic mass is 10.0. The van der Waals surface area contributed by atoms with Crippen LogP contribution >= 0.6 is 0 Å². The topological polar surface area (TPSA) is 15.3 Å². The summed E-state index contributed by atoms with van der Waals surface area (Å²) in [5, 5.41) is 3.50. The Labute approximate surface area is 90.0 Å². The lowest BCUT2D eigenvalue weighted by Crippen LogP contribution is -2.57. The van der Waals surface area contributed by atoms with Crippen LogP contribution in [-0.2, 0) is 0 Å². The molecule has 0 amide bonds. The highest BCUT2D eigenvalue weighted by atomic mass is 19.3. The molecule has 15 heavy (non-hydrogen) atoms. The second-order valence-electron chi connectivity index (χ2n) is 4.76. The molecule has 0 aromatic heterocycles. The fourth-order valence-corrected chi connectivity index (χ4v) is 2.50. The Morgan fingerprint density at radius 3 is 2.67 bits per heavy atom. The maximum Gasteiger partial charge on any atom is 0.251 e. The van der Waals surface area contributed by atoms with Crippen molar-refractivity contribution in [3.05, 3.63) is 0 Å². The fourth-order valence-electron chi connectivity index (χ4n) is 2.50. The monoisotopic (exact) mass is 218 g/mol. The average molecular weight is 218 g/mol. The van der Waals surface area contributed by atoms with Gasteiger partial charge in [0.05, 0.1) is 6.54 Å². The third-order valence-electron chi connectivity index (χ3n) is 3.60. The van der Waals surface area contributed by atoms with Gasteiger partial charge in [0.2, 0.25) is 0 Å². The van der Waals surface area contributed by atoms with Crippen molar-refractivity contribution in [2.45, 2.75) is 44.7 Å². The van der Waals surface area contributed by atoms with Gasteiger partial charge in [-0.1, -0.05) is 6.92 Å². The highest BCUT2D eigenvalue weighted by Crippen LogP contribution is 2.34. The van der Waals surface area contributed by atoms with Gasteiger partial charge in [0.25, 0.3) is 6.43 Å². The summed E-state index contributed by atoms with van der Waals surface area (Å²) >= 11 is 0. The summed E-state index contributed by atoms with van der Waals surface area (Å²) in [6, 6.07) is 0.764. The molecule has 2 atom stereocenters. The van der Waals surface area contributed by atoms with Crippen LogP contribution in [0.25, 0.3) is 0 Å². The molecule has 0 bridgehead atoms. The smallest absolute Gasteiger partial charge is 0.251 e. The fraction of sp³-hybridized carbons (Fsp3) is 1.00. The molecular weight excluding hydrogens is 198 g/mol. The van der Waals surface area contributed by atoms with Crippen LogP contribution in [0.2, 0.25) is 0 Å². The Kier molecular flexibility index (Phi) is 3.57. The predicted molar refractivity (Wildman–Crippen MR) is 56.2 cm³/mol. The van der Waals surface area contributed by atoms with Crippen molar-refractivity contribution < 1.29 is 8.78 Å². The Balaban J connectivity index is 1.89. The first-order chi connectivity index (χ1) is 7.20. The quantitative estimate of drug-likeness (QED) is 0.773. The number of nitrogens with zero attached hydrogens (tertiary/aromatic N) is 1. The van der Waals surface area contributed by atoms with E-state index in [9.17, 15) is 8.78 Å². The van der Waals surface area contributed by atoms with E-state index in [1.165, 1.54) is 12.8 Å². The minimum atomic E-state index is -2.20. The lowest BCUT2D eigenvalue weighted by molar-refractivity contribution is 0.0391. The minimum absolute atomic E-state index is 0.0522. The molecule has 2 aliphatic rings. The Bertz CT molecular complexity index is 207. The standard InChI is InChI=1S/C11H20F2N2/c1-2-9-5-14-10(8-3-4-8)6-15(9)7-11(12)13/h8-11,14H,2-7H2,1H3. The first kappa shape index (κ1) is 11.3. The first-order valence-corrected chi connectivity index (χ1v) is 5.96. The van der Waals surface area contributed by atoms with Gasteiger partial charge in [0.1, 0.15) is 0 Å². The van der Waals surface area contributed by atoms with E-state index in [1.807, 2.05) is 4.90 Å². The number of alkyl halides is 2. The second kappa shape index (κ2) is 4.74. The van der Waals surface area contributed by atoms with Crippen LogP contribution in [0.4, 0.5) is 8.78 Å². The van der Waals surface area contributed by atoms with E-state index < -0.39 is 6.43 Å². The molecule has 2 unspecified atom stereocenters. The molecule has 88 valence electrons. The van der Waals surface area contributed by atoms with Gasteiger partial charge >= 0.3 is 0 Å². The van der Waals surface area contributed by atoms with E-state index in [0.29, 0.717) is 12.1 Å². The van der Waals surface area contributed by atoms with Crippen molar-refractivity contribution in [3.63, 3.8) is 0 Å². The molecule has 0 aromatic rings. The normalized spacial score (nSPS) is 33.6. The van der Waals surface area contributed by atoms with Gasteiger partial charge in [-0.05, 0) is 25.2 Å². The van der Waals surface area contributed by atoms with Crippen molar-refractivity contribution >= 4 is 0 Å². The van der Waals surface area contributed by atoms with E-state index >= 15 is 0 Å². The second-order valence-corrected chi connectivity index (χ2v) is 4.76. The molecule has 0 spiro atoms. The van der Waals surface area contributed by atoms with Gasteiger partial charge in [-0.2, -0.15) is 0 Å². The van der Waals surface area contributed by atoms with Crippen LogP contribution in [-0.4, -0.2) is 43.0 Å². The summed E-state index contributed by atoms with van der Waals surface area (Å²) in [4.78, 5) is 1.98. The Morgan fingerprint density at radius 2 is 2.13 bits per heavy atom. The van der Waals surface area contributed by atoms with E-state index in [-0.39, 0.29) is 6.54 Å². The number of hydrogen-bond acceptors (Lipinski definition) is 2. The minimum Gasteiger partial charge on any atom is -0.311 e. The molecule has 1 aliphatic heterocycles. The van der Waals surface area contributed by atoms with E-state index in [2.05, 4.69) is 12.2 Å². The predicted octanol–water partition coefficient (Wildman–Crippen LogP) is 1.71. The van der Waals surface area contributed by atoms with Crippen LogP contribution in [0.3, 0.4) is 0 Å². The summed E-state index contributed by atoms with van der Waals surface area (Å²) in [6.07, 6.45) is 1.31. The molecule has 1 aliphatic carbocycles. The molecule has 4 heteroatoms. The zero-order chi connectivity index (χ0) is 10.8. The number of hydrogen-bond donors (Lipinski definition) is 1. The molecule has 1 saturated carbocycles. The SMILES string of the molecule is CCC1CNC(C2CC2)CN1CC(F)F. The van der Waals surface area contributed by atoms with Crippen LogP contribution in [0.15, 0.2) is 0 Å². The molecule has 1 heterocycles. The molecule has 1 saturated heterocycles. The highest BCUT2D eigenvalue weighted by Gasteiger charge is 2.37. The van der Waals surface area contributed by atoms with Crippen molar-refractivity contribution in [2.75, 3.05) is 19.6 Å². The highest BCUT2D eigenvalue weighted by molar-refractivity contribution is 4.94. The molecular formula is C11H20F2N2. The van der Waals surface area contributed by atoms with Gasteiger partial charge in [-0.3, -0.25) is 4.90 Å². The third kappa shape index (κ3) is 2.88. The van der Waals surface area contributed by atoms with Crippen molar-refractivity contribution in [1.29, 1.82) is 0 Å². The summed E-state index contributed by atoms with van der Waals surface area (Å²) in [7, 11) is 0. The van der Waals surface area contributed by atoms with Crippen LogP contribution < -0.4 is 5.32 Å². The molecule has 1 N–H and O–H groups in total. The number of rotatable bonds is 4. The number of nitrogens with one attached hydrogen (secondary N) is 1. The molecule has 2 nitrogen and oxygen atoms in total. The molecule has 2 fully saturated rings. The van der Waals surface area contributed by atoms with Crippen molar-refractivity contribution in [3.8, 4) is 0 Å². The lowest BCUT2D eigenvalue weighted by Gasteiger charge is -2.40. The summed E-state index contributed by atoms with van der Waals surface area (Å²) in [5.41, 5.74) is 0. The van der Waals surface area contributed by atoms with Crippen molar-refractivity contribution in [2.24, 2.45) is 5.92 Å². The van der Waals surface area contributed by atoms with Crippen LogP contribution in [0.5, 0.6) is 0 Å². The maximum absolute atomic E-state index is 12.4. The molecule has 0 aromatic carbocycles. The Morgan fingerprint density at radius 1 is 1.40 bits per heavy atom. The number of piperazine rings is 1. The van der Waals surface area contributed by atoms with Gasteiger partial charge in [0.15, 0.2) is 0 Å². The zero-order valence-electron chi connectivity index (χ0n) is 9.26. The largest absolute Gasteiger partial charge is 0.311 e. The van der Waals surface area contributed by atoms with Crippen LogP contribution in [0.1, 0.15) is 26.2 Å². The van der Waals surface area contributed by atoms with Crippen LogP contribution in [0, 0.1) is 5.92 Å². The van der Waals surface area contributed by atoms with Gasteiger partial charge in [0, 0.05) is 25.2 Å². The van der Waals surface area contributed by atoms with E-state index in [0.717, 1.165) is 25.4 Å². The third-order valence-corrected chi connectivity index (χ3v) is 3.60.